The second-order valence-electron chi connectivity index (χ2n) is 5.43. The summed E-state index contributed by atoms with van der Waals surface area (Å²) < 4.78 is 13.1. The summed E-state index contributed by atoms with van der Waals surface area (Å²) in [6.07, 6.45) is 0. The number of carbonyl (C=O) groups is 1. The molecule has 0 atom stereocenters. The minimum atomic E-state index is -0.595. The molecule has 1 aromatic heterocycles. The number of aromatic nitrogens is 3. The van der Waals surface area contributed by atoms with Crippen LogP contribution in [0.1, 0.15) is 21.6 Å². The second kappa shape index (κ2) is 7.48. The van der Waals surface area contributed by atoms with Gasteiger partial charge in [0.15, 0.2) is 0 Å². The minimum absolute atomic E-state index is 0.0394. The van der Waals surface area contributed by atoms with Crippen molar-refractivity contribution in [2.24, 2.45) is 0 Å². The van der Waals surface area contributed by atoms with Crippen LogP contribution in [0.2, 0.25) is 0 Å². The Balaban J connectivity index is 1.94. The van der Waals surface area contributed by atoms with Gasteiger partial charge in [0.25, 0.3) is 5.88 Å². The number of hydrogen-bond donors (Lipinski definition) is 0. The molecule has 0 bridgehead atoms. The zero-order valence-electron chi connectivity index (χ0n) is 13.8. The lowest BCUT2D eigenvalue weighted by atomic mass is 10.1. The summed E-state index contributed by atoms with van der Waals surface area (Å²) in [5.41, 5.74) is 2.23. The Morgan fingerprint density at radius 2 is 1.80 bits per heavy atom. The first kappa shape index (κ1) is 17.2. The number of rotatable bonds is 5. The van der Waals surface area contributed by atoms with Crippen molar-refractivity contribution >= 4 is 21.9 Å². The molecule has 0 N–H and O–H groups in total. The summed E-state index contributed by atoms with van der Waals surface area (Å²) in [7, 11) is 1.30. The molecule has 3 rings (SSSR count). The average molecular weight is 402 g/mol. The summed E-state index contributed by atoms with van der Waals surface area (Å²) in [5, 5.41) is 7.97. The van der Waals surface area contributed by atoms with Crippen molar-refractivity contribution in [1.29, 1.82) is 0 Å². The number of benzene rings is 2. The predicted molar refractivity (Wildman–Crippen MR) is 95.9 cm³/mol. The third-order valence-electron chi connectivity index (χ3n) is 3.55. The molecule has 0 aliphatic carbocycles. The summed E-state index contributed by atoms with van der Waals surface area (Å²) in [5.74, 6) is 0.220. The molecular weight excluding hydrogens is 386 g/mol. The van der Waals surface area contributed by atoms with Crippen molar-refractivity contribution in [2.75, 3.05) is 7.11 Å². The van der Waals surface area contributed by atoms with Gasteiger partial charge >= 0.3 is 5.97 Å². The molecule has 128 valence electrons. The molecular formula is C18H16BrN3O3. The van der Waals surface area contributed by atoms with E-state index in [0.29, 0.717) is 12.3 Å². The van der Waals surface area contributed by atoms with E-state index in [2.05, 4.69) is 26.2 Å². The predicted octanol–water partition coefficient (Wildman–Crippen LogP) is 3.98. The zero-order chi connectivity index (χ0) is 17.8. The molecule has 0 radical (unpaired) electrons. The summed E-state index contributed by atoms with van der Waals surface area (Å²) in [6, 6.07) is 15.3. The van der Waals surface area contributed by atoms with Crippen LogP contribution in [-0.4, -0.2) is 28.1 Å². The van der Waals surface area contributed by atoms with Crippen molar-refractivity contribution in [1.82, 2.24) is 15.0 Å². The van der Waals surface area contributed by atoms with E-state index in [-0.39, 0.29) is 11.6 Å². The van der Waals surface area contributed by atoms with Gasteiger partial charge in [0, 0.05) is 4.47 Å². The lowest BCUT2D eigenvalue weighted by Crippen LogP contribution is -2.07. The van der Waals surface area contributed by atoms with Crippen LogP contribution in [0.5, 0.6) is 11.6 Å². The van der Waals surface area contributed by atoms with Crippen LogP contribution >= 0.6 is 15.9 Å². The van der Waals surface area contributed by atoms with Crippen molar-refractivity contribution in [3.8, 4) is 11.6 Å². The molecule has 0 unspecified atom stereocenters. The molecule has 25 heavy (non-hydrogen) atoms. The average Bonchev–Trinajstić information content (AvgIpc) is 3.00. The van der Waals surface area contributed by atoms with Gasteiger partial charge in [-0.3, -0.25) is 0 Å². The highest BCUT2D eigenvalue weighted by Gasteiger charge is 2.23. The van der Waals surface area contributed by atoms with Crippen LogP contribution in [-0.2, 0) is 11.3 Å². The molecule has 2 aromatic carbocycles. The third-order valence-corrected chi connectivity index (χ3v) is 4.08. The molecule has 0 aliphatic heterocycles. The van der Waals surface area contributed by atoms with Crippen LogP contribution in [0.15, 0.2) is 53.0 Å². The van der Waals surface area contributed by atoms with E-state index in [1.807, 2.05) is 43.3 Å². The smallest absolute Gasteiger partial charge is 0.364 e. The first-order valence-corrected chi connectivity index (χ1v) is 8.37. The van der Waals surface area contributed by atoms with E-state index >= 15 is 0 Å². The van der Waals surface area contributed by atoms with Gasteiger partial charge in [0.05, 0.1) is 13.7 Å². The maximum atomic E-state index is 12.0. The Morgan fingerprint density at radius 3 is 2.44 bits per heavy atom. The van der Waals surface area contributed by atoms with Gasteiger partial charge in [-0.15, -0.1) is 5.10 Å². The highest BCUT2D eigenvalue weighted by Crippen LogP contribution is 2.26. The van der Waals surface area contributed by atoms with Gasteiger partial charge in [-0.1, -0.05) is 51.0 Å². The van der Waals surface area contributed by atoms with E-state index in [0.717, 1.165) is 10.0 Å². The normalized spacial score (nSPS) is 10.5. The standard InChI is InChI=1S/C18H16BrN3O3/c1-12-3-5-13(6-4-12)11-22-17(16(20-21-22)18(23)24-2)25-15-9-7-14(19)8-10-15/h3-10H,11H2,1-2H3. The first-order valence-electron chi connectivity index (χ1n) is 7.57. The molecule has 0 amide bonds. The van der Waals surface area contributed by atoms with Gasteiger partial charge in [0.2, 0.25) is 5.69 Å². The molecule has 1 heterocycles. The second-order valence-corrected chi connectivity index (χ2v) is 6.35. The van der Waals surface area contributed by atoms with Crippen molar-refractivity contribution < 1.29 is 14.3 Å². The number of ether oxygens (including phenoxy) is 2. The van der Waals surface area contributed by atoms with Gasteiger partial charge < -0.3 is 9.47 Å². The van der Waals surface area contributed by atoms with E-state index in [1.165, 1.54) is 12.7 Å². The summed E-state index contributed by atoms with van der Waals surface area (Å²) in [4.78, 5) is 12.0. The number of aryl methyl sites for hydroxylation is 1. The molecule has 0 saturated carbocycles. The minimum Gasteiger partial charge on any atom is -0.464 e. The number of nitrogens with zero attached hydrogens (tertiary/aromatic N) is 3. The number of methoxy groups -OCH3 is 1. The Kier molecular flexibility index (Phi) is 5.14. The monoisotopic (exact) mass is 401 g/mol. The topological polar surface area (TPSA) is 66.2 Å². The molecule has 7 heteroatoms. The lowest BCUT2D eigenvalue weighted by Gasteiger charge is -2.09. The number of halogens is 1. The van der Waals surface area contributed by atoms with Gasteiger partial charge in [0.1, 0.15) is 5.75 Å². The van der Waals surface area contributed by atoms with E-state index in [1.54, 1.807) is 16.8 Å². The maximum Gasteiger partial charge on any atom is 0.364 e. The zero-order valence-corrected chi connectivity index (χ0v) is 15.4. The first-order chi connectivity index (χ1) is 12.1. The Hall–Kier alpha value is -2.67. The Labute approximate surface area is 153 Å². The molecule has 0 spiro atoms. The lowest BCUT2D eigenvalue weighted by molar-refractivity contribution is 0.0590. The van der Waals surface area contributed by atoms with Crippen molar-refractivity contribution in [2.45, 2.75) is 13.5 Å². The molecule has 6 nitrogen and oxygen atoms in total. The van der Waals surface area contributed by atoms with Crippen LogP contribution in [0, 0.1) is 6.92 Å². The van der Waals surface area contributed by atoms with E-state index in [9.17, 15) is 4.79 Å². The van der Waals surface area contributed by atoms with Gasteiger partial charge in [-0.2, -0.15) is 0 Å². The Morgan fingerprint density at radius 1 is 1.12 bits per heavy atom. The number of carbonyl (C=O) groups excluding carboxylic acids is 1. The largest absolute Gasteiger partial charge is 0.464 e. The Bertz CT molecular complexity index is 874. The highest BCUT2D eigenvalue weighted by atomic mass is 79.9. The summed E-state index contributed by atoms with van der Waals surface area (Å²) >= 11 is 3.38. The highest BCUT2D eigenvalue weighted by molar-refractivity contribution is 9.10. The van der Waals surface area contributed by atoms with E-state index < -0.39 is 5.97 Å². The molecule has 3 aromatic rings. The SMILES string of the molecule is COC(=O)c1nnn(Cc2ccc(C)cc2)c1Oc1ccc(Br)cc1. The van der Waals surface area contributed by atoms with Gasteiger partial charge in [-0.25, -0.2) is 9.48 Å². The quantitative estimate of drug-likeness (QED) is 0.604. The number of esters is 1. The molecule has 0 aliphatic rings. The van der Waals surface area contributed by atoms with Crippen LogP contribution in [0.4, 0.5) is 0 Å². The number of hydrogen-bond acceptors (Lipinski definition) is 5. The summed E-state index contributed by atoms with van der Waals surface area (Å²) in [6.45, 7) is 2.45. The van der Waals surface area contributed by atoms with E-state index in [4.69, 9.17) is 9.47 Å². The molecule has 0 fully saturated rings. The third kappa shape index (κ3) is 4.06. The molecule has 0 saturated heterocycles. The van der Waals surface area contributed by atoms with Crippen molar-refractivity contribution in [3.63, 3.8) is 0 Å². The maximum absolute atomic E-state index is 12.0. The fourth-order valence-electron chi connectivity index (χ4n) is 2.21. The van der Waals surface area contributed by atoms with Crippen LogP contribution in [0.25, 0.3) is 0 Å². The fourth-order valence-corrected chi connectivity index (χ4v) is 2.48. The van der Waals surface area contributed by atoms with Gasteiger partial charge in [-0.05, 0) is 36.8 Å². The van der Waals surface area contributed by atoms with Crippen LogP contribution < -0.4 is 4.74 Å². The van der Waals surface area contributed by atoms with Crippen LogP contribution in [0.3, 0.4) is 0 Å². The van der Waals surface area contributed by atoms with Crippen molar-refractivity contribution in [3.05, 3.63) is 69.8 Å². The fraction of sp³-hybridized carbons (Fsp3) is 0.167.